The van der Waals surface area contributed by atoms with E-state index in [1.165, 1.54) is 6.42 Å². The molecule has 0 aliphatic carbocycles. The van der Waals surface area contributed by atoms with Crippen LogP contribution in [-0.2, 0) is 19.1 Å². The van der Waals surface area contributed by atoms with Crippen molar-refractivity contribution in [3.05, 3.63) is 70.8 Å². The van der Waals surface area contributed by atoms with Gasteiger partial charge in [0.2, 0.25) is 0 Å². The molecular weight excluding hydrogens is 564 g/mol. The average Bonchev–Trinajstić information content (AvgIpc) is 3.04. The monoisotopic (exact) mass is 612 g/mol. The number of carbonyl (C=O) groups excluding carboxylic acids is 2. The molecule has 45 heavy (non-hydrogen) atoms. The van der Waals surface area contributed by atoms with Gasteiger partial charge >= 0.3 is 11.9 Å². The Morgan fingerprint density at radius 3 is 1.47 bits per heavy atom. The number of hydrogen-bond donors (Lipinski definition) is 0. The number of rotatable bonds is 19. The Kier molecular flexibility index (Phi) is 16.6. The molecule has 0 amide bonds. The minimum absolute atomic E-state index is 0.000964. The number of ether oxygens (including phenoxy) is 2. The summed E-state index contributed by atoms with van der Waals surface area (Å²) in [6.45, 7) is 14.3. The maximum Gasteiger partial charge on any atom is 0.348 e. The number of hydrogen-bond acceptors (Lipinski definition) is 8. The number of unbranched alkanes of at least 4 members (excludes halogenated alkanes) is 4. The highest BCUT2D eigenvalue weighted by Crippen LogP contribution is 2.21. The van der Waals surface area contributed by atoms with Crippen LogP contribution >= 0.6 is 0 Å². The van der Waals surface area contributed by atoms with Crippen molar-refractivity contribution in [1.29, 1.82) is 10.5 Å². The highest BCUT2D eigenvalue weighted by Gasteiger charge is 2.12. The van der Waals surface area contributed by atoms with Crippen molar-refractivity contribution >= 4 is 35.5 Å². The van der Waals surface area contributed by atoms with Gasteiger partial charge < -0.3 is 19.3 Å². The normalized spacial score (nSPS) is 11.5. The zero-order chi connectivity index (χ0) is 33.0. The second-order valence-corrected chi connectivity index (χ2v) is 11.2. The molecule has 0 atom stereocenters. The predicted molar refractivity (Wildman–Crippen MR) is 181 cm³/mol. The Hall–Kier alpha value is -4.56. The Balaban J connectivity index is 1.84. The van der Waals surface area contributed by atoms with Gasteiger partial charge in [-0.05, 0) is 87.1 Å². The standard InChI is InChI=1S/C37H48N4O4/c1-6-40(34-18-14-30(15-19-34)24-32(26-38)36(42)44-7-2)22-12-10-9-11-13-23-41(28-29(4)5)35-20-16-31(17-21-35)25-33(27-39)37(43)45-8-3/h14-21,24-25,29H,6-13,22-23,28H2,1-5H3/b32-24+,33-25+. The van der Waals surface area contributed by atoms with Crippen LogP contribution in [-0.4, -0.2) is 51.3 Å². The molecule has 0 saturated heterocycles. The molecule has 0 aliphatic rings. The van der Waals surface area contributed by atoms with Crippen LogP contribution in [0.25, 0.3) is 12.2 Å². The van der Waals surface area contributed by atoms with E-state index in [1.807, 2.05) is 48.5 Å². The molecule has 0 saturated carbocycles. The van der Waals surface area contributed by atoms with Crippen LogP contribution in [0.1, 0.15) is 77.8 Å². The van der Waals surface area contributed by atoms with E-state index >= 15 is 0 Å². The lowest BCUT2D eigenvalue weighted by atomic mass is 10.1. The smallest absolute Gasteiger partial charge is 0.348 e. The molecule has 0 radical (unpaired) electrons. The largest absolute Gasteiger partial charge is 0.462 e. The van der Waals surface area contributed by atoms with E-state index in [0.29, 0.717) is 5.92 Å². The molecule has 240 valence electrons. The van der Waals surface area contributed by atoms with Gasteiger partial charge in [0.15, 0.2) is 0 Å². The Morgan fingerprint density at radius 1 is 0.689 bits per heavy atom. The van der Waals surface area contributed by atoms with Gasteiger partial charge in [0.1, 0.15) is 23.3 Å². The highest BCUT2D eigenvalue weighted by atomic mass is 16.5. The van der Waals surface area contributed by atoms with Crippen LogP contribution in [0.3, 0.4) is 0 Å². The molecule has 0 aliphatic heterocycles. The number of nitriles is 2. The number of nitrogens with zero attached hydrogens (tertiary/aromatic N) is 4. The molecular formula is C37H48N4O4. The maximum absolute atomic E-state index is 11.9. The Labute approximate surface area is 269 Å². The van der Waals surface area contributed by atoms with Crippen LogP contribution in [0, 0.1) is 28.6 Å². The van der Waals surface area contributed by atoms with Gasteiger partial charge in [-0.1, -0.05) is 57.4 Å². The third-order valence-electron chi connectivity index (χ3n) is 7.19. The molecule has 0 fully saturated rings. The summed E-state index contributed by atoms with van der Waals surface area (Å²) in [5.41, 5.74) is 3.85. The number of esters is 2. The van der Waals surface area contributed by atoms with Crippen molar-refractivity contribution in [3.8, 4) is 12.1 Å². The van der Waals surface area contributed by atoms with Crippen molar-refractivity contribution in [2.24, 2.45) is 5.92 Å². The highest BCUT2D eigenvalue weighted by molar-refractivity contribution is 5.98. The first-order valence-electron chi connectivity index (χ1n) is 16.0. The minimum atomic E-state index is -0.599. The summed E-state index contributed by atoms with van der Waals surface area (Å²) < 4.78 is 9.90. The van der Waals surface area contributed by atoms with E-state index in [-0.39, 0.29) is 24.4 Å². The van der Waals surface area contributed by atoms with Crippen molar-refractivity contribution in [3.63, 3.8) is 0 Å². The zero-order valence-electron chi connectivity index (χ0n) is 27.6. The molecule has 0 heterocycles. The Bertz CT molecular complexity index is 1350. The third-order valence-corrected chi connectivity index (χ3v) is 7.19. The van der Waals surface area contributed by atoms with Crippen LogP contribution in [0.5, 0.6) is 0 Å². The molecule has 0 bridgehead atoms. The first-order chi connectivity index (χ1) is 21.8. The van der Waals surface area contributed by atoms with Gasteiger partial charge in [0.25, 0.3) is 0 Å². The van der Waals surface area contributed by atoms with Gasteiger partial charge in [-0.3, -0.25) is 0 Å². The van der Waals surface area contributed by atoms with Gasteiger partial charge in [0.05, 0.1) is 13.2 Å². The third kappa shape index (κ3) is 12.9. The molecule has 2 aromatic carbocycles. The second-order valence-electron chi connectivity index (χ2n) is 11.2. The lowest BCUT2D eigenvalue weighted by molar-refractivity contribution is -0.138. The molecule has 0 unspecified atom stereocenters. The predicted octanol–water partition coefficient (Wildman–Crippen LogP) is 7.57. The van der Waals surface area contributed by atoms with Gasteiger partial charge in [-0.25, -0.2) is 9.59 Å². The lowest BCUT2D eigenvalue weighted by Gasteiger charge is -2.27. The molecule has 0 N–H and O–H groups in total. The first kappa shape index (κ1) is 36.6. The van der Waals surface area contributed by atoms with Gasteiger partial charge in [0, 0.05) is 37.6 Å². The van der Waals surface area contributed by atoms with Crippen LogP contribution in [0.4, 0.5) is 11.4 Å². The van der Waals surface area contributed by atoms with Crippen LogP contribution < -0.4 is 9.80 Å². The van der Waals surface area contributed by atoms with Crippen LogP contribution in [0.2, 0.25) is 0 Å². The quantitative estimate of drug-likeness (QED) is 0.0692. The molecule has 2 rings (SSSR count). The number of carbonyl (C=O) groups is 2. The van der Waals surface area contributed by atoms with Crippen molar-refractivity contribution in [2.75, 3.05) is 49.2 Å². The van der Waals surface area contributed by atoms with E-state index in [9.17, 15) is 20.1 Å². The fourth-order valence-corrected chi connectivity index (χ4v) is 4.96. The molecule has 8 nitrogen and oxygen atoms in total. The SMILES string of the molecule is CCOC(=O)/C(C#N)=C/c1ccc(N(CC)CCCCCCCN(CC(C)C)c2ccc(/C=C(\C#N)C(=O)OCC)cc2)cc1. The van der Waals surface area contributed by atoms with Gasteiger partial charge in [-0.2, -0.15) is 10.5 Å². The van der Waals surface area contributed by atoms with Crippen molar-refractivity contribution < 1.29 is 19.1 Å². The van der Waals surface area contributed by atoms with E-state index in [1.54, 1.807) is 26.0 Å². The minimum Gasteiger partial charge on any atom is -0.462 e. The summed E-state index contributed by atoms with van der Waals surface area (Å²) in [6, 6.07) is 19.8. The van der Waals surface area contributed by atoms with E-state index in [4.69, 9.17) is 9.47 Å². The molecule has 0 spiro atoms. The zero-order valence-corrected chi connectivity index (χ0v) is 27.6. The first-order valence-corrected chi connectivity index (χ1v) is 16.0. The van der Waals surface area contributed by atoms with E-state index < -0.39 is 11.9 Å². The van der Waals surface area contributed by atoms with E-state index in [0.717, 1.165) is 74.4 Å². The Morgan fingerprint density at radius 2 is 1.09 bits per heavy atom. The summed E-state index contributed by atoms with van der Waals surface area (Å²) >= 11 is 0. The van der Waals surface area contributed by atoms with E-state index in [2.05, 4.69) is 42.7 Å². The van der Waals surface area contributed by atoms with Crippen LogP contribution in [0.15, 0.2) is 59.7 Å². The second kappa shape index (κ2) is 20.4. The van der Waals surface area contributed by atoms with Crippen molar-refractivity contribution in [2.45, 2.75) is 66.7 Å². The fourth-order valence-electron chi connectivity index (χ4n) is 4.96. The summed E-state index contributed by atoms with van der Waals surface area (Å²) in [6.07, 6.45) is 8.85. The summed E-state index contributed by atoms with van der Waals surface area (Å²) in [7, 11) is 0. The number of anilines is 2. The summed E-state index contributed by atoms with van der Waals surface area (Å²) in [4.78, 5) is 28.6. The van der Waals surface area contributed by atoms with Crippen molar-refractivity contribution in [1.82, 2.24) is 0 Å². The summed E-state index contributed by atoms with van der Waals surface area (Å²) in [5.74, 6) is -0.673. The lowest BCUT2D eigenvalue weighted by Crippen LogP contribution is -2.28. The average molecular weight is 613 g/mol. The number of benzene rings is 2. The topological polar surface area (TPSA) is 107 Å². The maximum atomic E-state index is 11.9. The fraction of sp³-hybridized carbons (Fsp3) is 0.459. The summed E-state index contributed by atoms with van der Waals surface area (Å²) in [5, 5.41) is 18.6. The molecule has 2 aromatic rings. The van der Waals surface area contributed by atoms with Gasteiger partial charge in [-0.15, -0.1) is 0 Å². The molecule has 8 heteroatoms. The molecule has 0 aromatic heterocycles.